The lowest BCUT2D eigenvalue weighted by atomic mass is 9.99. The molecule has 2 atom stereocenters. The first kappa shape index (κ1) is 21.6. The van der Waals surface area contributed by atoms with E-state index in [-0.39, 0.29) is 17.7 Å². The zero-order chi connectivity index (χ0) is 20.4. The molecule has 0 bridgehead atoms. The maximum atomic E-state index is 12.7. The maximum absolute atomic E-state index is 12.7. The average Bonchev–Trinajstić information content (AvgIpc) is 2.71. The molecule has 0 radical (unpaired) electrons. The van der Waals surface area contributed by atoms with Crippen molar-refractivity contribution < 1.29 is 14.4 Å². The number of nitrogens with one attached hydrogen (secondary N) is 2. The third kappa shape index (κ3) is 7.14. The number of benzene rings is 1. The van der Waals surface area contributed by atoms with E-state index >= 15 is 0 Å². The van der Waals surface area contributed by atoms with Gasteiger partial charge in [0.15, 0.2) is 0 Å². The van der Waals surface area contributed by atoms with Crippen LogP contribution in [0.25, 0.3) is 0 Å². The van der Waals surface area contributed by atoms with E-state index in [1.54, 1.807) is 0 Å². The van der Waals surface area contributed by atoms with Gasteiger partial charge in [0.25, 0.3) is 0 Å². The predicted octanol–water partition coefficient (Wildman–Crippen LogP) is 3.11. The van der Waals surface area contributed by atoms with Crippen molar-refractivity contribution in [2.75, 3.05) is 0 Å². The molecule has 0 heterocycles. The van der Waals surface area contributed by atoms with Crippen LogP contribution in [0.3, 0.4) is 0 Å². The molecule has 1 aliphatic carbocycles. The molecule has 2 unspecified atom stereocenters. The van der Waals surface area contributed by atoms with Crippen molar-refractivity contribution in [3.63, 3.8) is 0 Å². The van der Waals surface area contributed by atoms with Gasteiger partial charge in [0, 0.05) is 6.42 Å². The van der Waals surface area contributed by atoms with Crippen molar-refractivity contribution in [3.8, 4) is 0 Å². The lowest BCUT2D eigenvalue weighted by molar-refractivity contribution is -0.131. The fourth-order valence-corrected chi connectivity index (χ4v) is 3.16. The predicted molar refractivity (Wildman–Crippen MR) is 111 cm³/mol. The van der Waals surface area contributed by atoms with Crippen molar-refractivity contribution in [2.24, 2.45) is 5.92 Å². The number of carbonyl (C=O) groups excluding carboxylic acids is 3. The summed E-state index contributed by atoms with van der Waals surface area (Å²) in [7, 11) is 0. The molecule has 150 valence electrons. The van der Waals surface area contributed by atoms with Crippen LogP contribution in [0.4, 0.5) is 0 Å². The van der Waals surface area contributed by atoms with Gasteiger partial charge in [0.05, 0.1) is 6.04 Å². The summed E-state index contributed by atoms with van der Waals surface area (Å²) in [5, 5.41) is 5.60. The Bertz CT molecular complexity index is 723. The Morgan fingerprint density at radius 2 is 1.86 bits per heavy atom. The Hall–Kier alpha value is -2.69. The Labute approximate surface area is 167 Å². The largest absolute Gasteiger partial charge is 0.344 e. The van der Waals surface area contributed by atoms with E-state index in [1.807, 2.05) is 50.3 Å². The van der Waals surface area contributed by atoms with Gasteiger partial charge in [-0.2, -0.15) is 0 Å². The van der Waals surface area contributed by atoms with Crippen LogP contribution in [0.2, 0.25) is 0 Å². The Balaban J connectivity index is 1.89. The molecule has 2 amide bonds. The number of rotatable bonds is 10. The van der Waals surface area contributed by atoms with Crippen LogP contribution in [-0.4, -0.2) is 30.2 Å². The molecule has 1 aliphatic rings. The molecule has 2 rings (SSSR count). The minimum Gasteiger partial charge on any atom is -0.344 e. The molecule has 2 N–H and O–H groups in total. The Morgan fingerprint density at radius 3 is 2.46 bits per heavy atom. The van der Waals surface area contributed by atoms with Gasteiger partial charge in [-0.05, 0) is 42.7 Å². The number of aryl methyl sites for hydroxylation is 1. The van der Waals surface area contributed by atoms with E-state index in [0.717, 1.165) is 30.3 Å². The maximum Gasteiger partial charge on any atom is 0.243 e. The second kappa shape index (κ2) is 11.2. The molecule has 0 saturated carbocycles. The Kier molecular flexibility index (Phi) is 8.66. The lowest BCUT2D eigenvalue weighted by Crippen LogP contribution is -2.52. The van der Waals surface area contributed by atoms with Gasteiger partial charge in [0.2, 0.25) is 11.8 Å². The number of carbonyl (C=O) groups is 3. The number of aldehydes is 1. The summed E-state index contributed by atoms with van der Waals surface area (Å²) in [6.45, 7) is 3.76. The molecular formula is C23H30N2O3. The van der Waals surface area contributed by atoms with Crippen LogP contribution >= 0.6 is 0 Å². The second-order valence-corrected chi connectivity index (χ2v) is 7.49. The van der Waals surface area contributed by atoms with E-state index in [1.165, 1.54) is 0 Å². The molecule has 0 aromatic heterocycles. The minimum atomic E-state index is -0.665. The molecule has 28 heavy (non-hydrogen) atoms. The van der Waals surface area contributed by atoms with E-state index in [4.69, 9.17) is 0 Å². The number of amides is 2. The molecule has 0 aliphatic heterocycles. The summed E-state index contributed by atoms with van der Waals surface area (Å²) in [5.41, 5.74) is 2.13. The van der Waals surface area contributed by atoms with Crippen LogP contribution < -0.4 is 10.6 Å². The molecule has 5 nitrogen and oxygen atoms in total. The quantitative estimate of drug-likeness (QED) is 0.611. The standard InChI is InChI=1S/C23H30N2O3/c1-17(2)22(25-21(27)14-13-18-9-5-3-6-10-18)23(28)24-20(16-26)15-19-11-7-4-8-12-19/h3,5-7,9-12,16-17,20,22H,4,8,13-15H2,1-2H3,(H,24,28)(H,25,27). The van der Waals surface area contributed by atoms with Gasteiger partial charge in [-0.3, -0.25) is 9.59 Å². The smallest absolute Gasteiger partial charge is 0.243 e. The van der Waals surface area contributed by atoms with Crippen LogP contribution in [0, 0.1) is 5.92 Å². The SMILES string of the molecule is CC(C)C(NC(=O)CCc1ccccc1)C(=O)NC(C=O)CC1=CCCC=C1. The van der Waals surface area contributed by atoms with Gasteiger partial charge < -0.3 is 15.4 Å². The van der Waals surface area contributed by atoms with Gasteiger partial charge in [0.1, 0.15) is 12.3 Å². The monoisotopic (exact) mass is 382 g/mol. The normalized spacial score (nSPS) is 15.5. The van der Waals surface area contributed by atoms with Crippen molar-refractivity contribution in [1.29, 1.82) is 0 Å². The topological polar surface area (TPSA) is 75.3 Å². The van der Waals surface area contributed by atoms with E-state index in [2.05, 4.69) is 22.8 Å². The second-order valence-electron chi connectivity index (χ2n) is 7.49. The highest BCUT2D eigenvalue weighted by Crippen LogP contribution is 2.15. The molecule has 5 heteroatoms. The summed E-state index contributed by atoms with van der Waals surface area (Å²) < 4.78 is 0. The van der Waals surface area contributed by atoms with Crippen LogP contribution in [0.1, 0.15) is 45.1 Å². The summed E-state index contributed by atoms with van der Waals surface area (Å²) in [6, 6.07) is 8.50. The highest BCUT2D eigenvalue weighted by atomic mass is 16.2. The first-order valence-electron chi connectivity index (χ1n) is 9.94. The zero-order valence-electron chi connectivity index (χ0n) is 16.7. The number of allylic oxidation sites excluding steroid dienone is 3. The van der Waals surface area contributed by atoms with E-state index in [0.29, 0.717) is 19.3 Å². The fraction of sp³-hybridized carbons (Fsp3) is 0.435. The highest BCUT2D eigenvalue weighted by molar-refractivity contribution is 5.89. The van der Waals surface area contributed by atoms with E-state index in [9.17, 15) is 14.4 Å². The molecule has 1 aromatic rings. The van der Waals surface area contributed by atoms with Gasteiger partial charge >= 0.3 is 0 Å². The highest BCUT2D eigenvalue weighted by Gasteiger charge is 2.26. The van der Waals surface area contributed by atoms with Crippen molar-refractivity contribution in [2.45, 2.75) is 58.0 Å². The van der Waals surface area contributed by atoms with E-state index < -0.39 is 12.1 Å². The first-order chi connectivity index (χ1) is 13.5. The first-order valence-corrected chi connectivity index (χ1v) is 9.94. The summed E-state index contributed by atoms with van der Waals surface area (Å²) in [4.78, 5) is 36.4. The summed E-state index contributed by atoms with van der Waals surface area (Å²) in [5.74, 6) is -0.569. The van der Waals surface area contributed by atoms with Gasteiger partial charge in [-0.25, -0.2) is 0 Å². The van der Waals surface area contributed by atoms with Gasteiger partial charge in [-0.1, -0.05) is 62.4 Å². The lowest BCUT2D eigenvalue weighted by Gasteiger charge is -2.24. The molecule has 0 fully saturated rings. The van der Waals surface area contributed by atoms with Gasteiger partial charge in [-0.15, -0.1) is 0 Å². The van der Waals surface area contributed by atoms with Crippen molar-refractivity contribution in [3.05, 3.63) is 59.7 Å². The third-order valence-electron chi connectivity index (χ3n) is 4.77. The Morgan fingerprint density at radius 1 is 1.11 bits per heavy atom. The molecule has 0 spiro atoms. The zero-order valence-corrected chi connectivity index (χ0v) is 16.7. The minimum absolute atomic E-state index is 0.0817. The van der Waals surface area contributed by atoms with Crippen LogP contribution in [-0.2, 0) is 20.8 Å². The van der Waals surface area contributed by atoms with Crippen LogP contribution in [0.5, 0.6) is 0 Å². The van der Waals surface area contributed by atoms with Crippen LogP contribution in [0.15, 0.2) is 54.1 Å². The third-order valence-corrected chi connectivity index (χ3v) is 4.77. The summed E-state index contributed by atoms with van der Waals surface area (Å²) in [6.07, 6.45) is 10.3. The molecular weight excluding hydrogens is 352 g/mol. The molecule has 1 aromatic carbocycles. The van der Waals surface area contributed by atoms with Crippen molar-refractivity contribution >= 4 is 18.1 Å². The number of hydrogen-bond donors (Lipinski definition) is 2. The fourth-order valence-electron chi connectivity index (χ4n) is 3.16. The average molecular weight is 383 g/mol. The summed E-state index contributed by atoms with van der Waals surface area (Å²) >= 11 is 0. The number of hydrogen-bond acceptors (Lipinski definition) is 3. The molecule has 0 saturated heterocycles. The van der Waals surface area contributed by atoms with Crippen molar-refractivity contribution in [1.82, 2.24) is 10.6 Å².